The van der Waals surface area contributed by atoms with Gasteiger partial charge < -0.3 is 0 Å². The average Bonchev–Trinajstić information content (AvgIpc) is 1.65. The maximum Gasteiger partial charge on any atom is 0.0904 e. The van der Waals surface area contributed by atoms with Crippen molar-refractivity contribution in [2.75, 3.05) is 0 Å². The Kier molecular flexibility index (Phi) is 3.83. The molecular weight excluding hydrogens is 104 g/mol. The topological polar surface area (TPSA) is 29.5 Å². The second-order valence-electron chi connectivity index (χ2n) is 2.33. The molecule has 0 spiro atoms. The van der Waals surface area contributed by atoms with Crippen molar-refractivity contribution in [2.45, 2.75) is 33.3 Å². The van der Waals surface area contributed by atoms with Crippen LogP contribution in [0.3, 0.4) is 0 Å². The van der Waals surface area contributed by atoms with Crippen LogP contribution in [0.25, 0.3) is 0 Å². The van der Waals surface area contributed by atoms with Gasteiger partial charge in [0.25, 0.3) is 0 Å². The predicted molar refractivity (Wildman–Crippen MR) is 32.4 cm³/mol. The van der Waals surface area contributed by atoms with Crippen molar-refractivity contribution in [3.05, 3.63) is 5.92 Å². The van der Waals surface area contributed by atoms with Crippen LogP contribution in [0.15, 0.2) is 0 Å². The fraction of sp³-hybridized carbons (Fsp3) is 0.833. The zero-order valence-corrected chi connectivity index (χ0v) is 5.64. The minimum atomic E-state index is -0.0556. The lowest BCUT2D eigenvalue weighted by Crippen LogP contribution is -2.06. The van der Waals surface area contributed by atoms with Crippen molar-refractivity contribution in [1.29, 1.82) is 0 Å². The Morgan fingerprint density at radius 2 is 2.12 bits per heavy atom. The first kappa shape index (κ1) is 7.92. The Balaban J connectivity index is 3.10. The molecule has 0 rings (SSSR count). The van der Waals surface area contributed by atoms with E-state index in [9.17, 15) is 0 Å². The lowest BCUT2D eigenvalue weighted by Gasteiger charge is -2.07. The van der Waals surface area contributed by atoms with Crippen molar-refractivity contribution in [3.8, 4) is 0 Å². The van der Waals surface area contributed by atoms with Gasteiger partial charge in [-0.15, -0.1) is 0 Å². The zero-order chi connectivity index (χ0) is 6.57. The molecule has 8 heavy (non-hydrogen) atoms. The molecule has 0 aromatic rings. The third-order valence-corrected chi connectivity index (χ3v) is 0.876. The normalized spacial score (nSPS) is 14.6. The van der Waals surface area contributed by atoms with E-state index in [-0.39, 0.29) is 6.10 Å². The summed E-state index contributed by atoms with van der Waals surface area (Å²) < 4.78 is 0. The van der Waals surface area contributed by atoms with Crippen LogP contribution in [0.4, 0.5) is 0 Å². The highest BCUT2D eigenvalue weighted by Gasteiger charge is 2.02. The van der Waals surface area contributed by atoms with Gasteiger partial charge in [-0.2, -0.15) is 0 Å². The van der Waals surface area contributed by atoms with Crippen molar-refractivity contribution in [2.24, 2.45) is 0 Å². The van der Waals surface area contributed by atoms with Crippen LogP contribution in [0.1, 0.15) is 27.2 Å². The van der Waals surface area contributed by atoms with E-state index in [0.717, 1.165) is 6.42 Å². The molecule has 2 nitrogen and oxygen atoms in total. The minimum absolute atomic E-state index is 0.0556. The third-order valence-electron chi connectivity index (χ3n) is 0.876. The molecule has 0 saturated heterocycles. The highest BCUT2D eigenvalue weighted by molar-refractivity contribution is 4.78. The standard InChI is InChI=1S/C6H13O2/c1-5(2)4-6(3)8-7/h6-7H,4H2,1-3H3. The molecule has 0 aliphatic carbocycles. The summed E-state index contributed by atoms with van der Waals surface area (Å²) in [6.07, 6.45) is 0.774. The Bertz CT molecular complexity index is 52.5. The Hall–Kier alpha value is -0.0800. The van der Waals surface area contributed by atoms with Gasteiger partial charge in [-0.1, -0.05) is 13.8 Å². The van der Waals surface area contributed by atoms with Gasteiger partial charge in [-0.25, -0.2) is 4.89 Å². The summed E-state index contributed by atoms with van der Waals surface area (Å²) in [5, 5.41) is 8.07. The number of hydrogen-bond donors (Lipinski definition) is 1. The lowest BCUT2D eigenvalue weighted by atomic mass is 10.1. The van der Waals surface area contributed by atoms with Crippen molar-refractivity contribution < 1.29 is 10.1 Å². The smallest absolute Gasteiger partial charge is 0.0904 e. The third kappa shape index (κ3) is 4.09. The summed E-state index contributed by atoms with van der Waals surface area (Å²) in [6.45, 7) is 5.85. The number of hydrogen-bond acceptors (Lipinski definition) is 2. The summed E-state index contributed by atoms with van der Waals surface area (Å²) in [6, 6.07) is 0. The van der Waals surface area contributed by atoms with E-state index in [1.165, 1.54) is 5.92 Å². The average molecular weight is 117 g/mol. The van der Waals surface area contributed by atoms with E-state index in [0.29, 0.717) is 0 Å². The first-order chi connectivity index (χ1) is 3.66. The molecule has 0 heterocycles. The summed E-state index contributed by atoms with van der Waals surface area (Å²) in [4.78, 5) is 4.04. The summed E-state index contributed by atoms with van der Waals surface area (Å²) in [5.74, 6) is 1.27. The monoisotopic (exact) mass is 117 g/mol. The number of rotatable bonds is 3. The molecule has 0 amide bonds. The van der Waals surface area contributed by atoms with Gasteiger partial charge >= 0.3 is 0 Å². The molecule has 0 aliphatic rings. The van der Waals surface area contributed by atoms with Gasteiger partial charge in [0.15, 0.2) is 0 Å². The molecule has 49 valence electrons. The zero-order valence-electron chi connectivity index (χ0n) is 5.64. The van der Waals surface area contributed by atoms with Crippen LogP contribution in [-0.4, -0.2) is 11.4 Å². The molecule has 1 N–H and O–H groups in total. The first-order valence-electron chi connectivity index (χ1n) is 2.76. The SMILES string of the molecule is C[C](C)CC(C)OO. The molecule has 1 unspecified atom stereocenters. The molecular formula is C6H13O2. The molecule has 0 aromatic heterocycles. The Labute approximate surface area is 50.4 Å². The Morgan fingerprint density at radius 3 is 2.25 bits per heavy atom. The first-order valence-corrected chi connectivity index (χ1v) is 2.76. The molecule has 2 heteroatoms. The van der Waals surface area contributed by atoms with Gasteiger partial charge in [-0.3, -0.25) is 5.26 Å². The highest BCUT2D eigenvalue weighted by atomic mass is 17.1. The molecule has 0 saturated carbocycles. The molecule has 0 bridgehead atoms. The van der Waals surface area contributed by atoms with Crippen molar-refractivity contribution >= 4 is 0 Å². The molecule has 1 atom stereocenters. The maximum absolute atomic E-state index is 8.07. The van der Waals surface area contributed by atoms with E-state index in [4.69, 9.17) is 5.26 Å². The van der Waals surface area contributed by atoms with E-state index >= 15 is 0 Å². The van der Waals surface area contributed by atoms with Gasteiger partial charge in [0.2, 0.25) is 0 Å². The quantitative estimate of drug-likeness (QED) is 0.451. The summed E-state index contributed by atoms with van der Waals surface area (Å²) in [7, 11) is 0. The summed E-state index contributed by atoms with van der Waals surface area (Å²) in [5.41, 5.74) is 0. The Morgan fingerprint density at radius 1 is 1.62 bits per heavy atom. The van der Waals surface area contributed by atoms with Crippen LogP contribution in [-0.2, 0) is 4.89 Å². The molecule has 0 aliphatic heterocycles. The second-order valence-corrected chi connectivity index (χ2v) is 2.33. The van der Waals surface area contributed by atoms with Crippen LogP contribution >= 0.6 is 0 Å². The largest absolute Gasteiger partial charge is 0.252 e. The van der Waals surface area contributed by atoms with Gasteiger partial charge in [0, 0.05) is 0 Å². The molecule has 1 radical (unpaired) electrons. The van der Waals surface area contributed by atoms with Crippen LogP contribution in [0.5, 0.6) is 0 Å². The van der Waals surface area contributed by atoms with Gasteiger partial charge in [0.05, 0.1) is 6.10 Å². The van der Waals surface area contributed by atoms with Crippen LogP contribution < -0.4 is 0 Å². The van der Waals surface area contributed by atoms with Gasteiger partial charge in [0.1, 0.15) is 0 Å². The minimum Gasteiger partial charge on any atom is -0.252 e. The van der Waals surface area contributed by atoms with Crippen LogP contribution in [0.2, 0.25) is 0 Å². The second kappa shape index (κ2) is 3.87. The van der Waals surface area contributed by atoms with Crippen molar-refractivity contribution in [1.82, 2.24) is 0 Å². The highest BCUT2D eigenvalue weighted by Crippen LogP contribution is 2.07. The van der Waals surface area contributed by atoms with E-state index in [1.807, 2.05) is 20.8 Å². The van der Waals surface area contributed by atoms with Crippen LogP contribution in [0, 0.1) is 5.92 Å². The molecule has 0 fully saturated rings. The van der Waals surface area contributed by atoms with Crippen molar-refractivity contribution in [3.63, 3.8) is 0 Å². The predicted octanol–water partition coefficient (Wildman–Crippen LogP) is 1.87. The fourth-order valence-corrected chi connectivity index (χ4v) is 0.612. The van der Waals surface area contributed by atoms with Gasteiger partial charge in [-0.05, 0) is 19.3 Å². The maximum atomic E-state index is 8.07. The summed E-state index contributed by atoms with van der Waals surface area (Å²) >= 11 is 0. The molecule has 0 aromatic carbocycles. The van der Waals surface area contributed by atoms with E-state index in [2.05, 4.69) is 4.89 Å². The fourth-order valence-electron chi connectivity index (χ4n) is 0.612. The van der Waals surface area contributed by atoms with E-state index < -0.39 is 0 Å². The lowest BCUT2D eigenvalue weighted by molar-refractivity contribution is -0.274. The van der Waals surface area contributed by atoms with E-state index in [1.54, 1.807) is 0 Å².